The van der Waals surface area contributed by atoms with E-state index < -0.39 is 0 Å². The first-order valence-electron chi connectivity index (χ1n) is 3.91. The van der Waals surface area contributed by atoms with Gasteiger partial charge in [-0.2, -0.15) is 4.74 Å². The molecular formula is C9H12N2O2. The van der Waals surface area contributed by atoms with Crippen LogP contribution >= 0.6 is 0 Å². The minimum absolute atomic E-state index is 0.0406. The van der Waals surface area contributed by atoms with Crippen LogP contribution in [0.25, 0.3) is 0 Å². The van der Waals surface area contributed by atoms with E-state index in [9.17, 15) is 10.4 Å². The summed E-state index contributed by atoms with van der Waals surface area (Å²) in [5.74, 6) is 0. The van der Waals surface area contributed by atoms with Gasteiger partial charge in [-0.25, -0.2) is 0 Å². The Morgan fingerprint density at radius 2 is 2.08 bits per heavy atom. The normalized spacial score (nSPS) is 12.5. The summed E-state index contributed by atoms with van der Waals surface area (Å²) in [4.78, 5) is 0. The SMILES string of the molecule is C=[N+]([O-])c1ccc(C)c([NH+](C)[O-])c1. The molecule has 4 nitrogen and oxygen atoms in total. The fourth-order valence-electron chi connectivity index (χ4n) is 1.14. The molecule has 1 rings (SSSR count). The Kier molecular flexibility index (Phi) is 2.65. The van der Waals surface area contributed by atoms with Gasteiger partial charge in [-0.1, -0.05) is 0 Å². The Morgan fingerprint density at radius 3 is 2.54 bits per heavy atom. The van der Waals surface area contributed by atoms with E-state index in [0.29, 0.717) is 16.1 Å². The number of hydroxylamine groups is 1. The topological polar surface area (TPSA) is 53.6 Å². The van der Waals surface area contributed by atoms with Crippen molar-refractivity contribution in [3.8, 4) is 0 Å². The van der Waals surface area contributed by atoms with Crippen LogP contribution in [0.15, 0.2) is 18.2 Å². The van der Waals surface area contributed by atoms with Crippen LogP contribution in [0.4, 0.5) is 11.4 Å². The molecule has 0 fully saturated rings. The summed E-state index contributed by atoms with van der Waals surface area (Å²) in [6.07, 6.45) is 0. The lowest BCUT2D eigenvalue weighted by Crippen LogP contribution is -2.98. The molecule has 1 aromatic carbocycles. The van der Waals surface area contributed by atoms with Crippen LogP contribution in [0.1, 0.15) is 5.56 Å². The van der Waals surface area contributed by atoms with Gasteiger partial charge in [-0.3, -0.25) is 0 Å². The fourth-order valence-corrected chi connectivity index (χ4v) is 1.14. The van der Waals surface area contributed by atoms with E-state index in [1.54, 1.807) is 18.2 Å². The minimum atomic E-state index is -0.0406. The maximum atomic E-state index is 11.1. The molecule has 0 amide bonds. The second kappa shape index (κ2) is 3.55. The second-order valence-electron chi connectivity index (χ2n) is 2.93. The van der Waals surface area contributed by atoms with E-state index in [1.807, 2.05) is 6.92 Å². The van der Waals surface area contributed by atoms with Gasteiger partial charge in [0.15, 0.2) is 0 Å². The maximum Gasteiger partial charge on any atom is 0.221 e. The molecule has 1 unspecified atom stereocenters. The number of hydrogen-bond acceptors (Lipinski definition) is 2. The number of benzene rings is 1. The van der Waals surface area contributed by atoms with E-state index in [1.165, 1.54) is 7.05 Å². The molecule has 0 aromatic heterocycles. The van der Waals surface area contributed by atoms with Crippen LogP contribution in [0, 0.1) is 17.3 Å². The minimum Gasteiger partial charge on any atom is -0.629 e. The smallest absolute Gasteiger partial charge is 0.221 e. The Morgan fingerprint density at radius 1 is 1.46 bits per heavy atom. The average Bonchev–Trinajstić information content (AvgIpc) is 2.04. The van der Waals surface area contributed by atoms with E-state index in [2.05, 4.69) is 6.72 Å². The van der Waals surface area contributed by atoms with Crippen LogP contribution in [-0.4, -0.2) is 18.5 Å². The Labute approximate surface area is 76.9 Å². The van der Waals surface area contributed by atoms with Crippen LogP contribution in [0.2, 0.25) is 0 Å². The van der Waals surface area contributed by atoms with Crippen molar-refractivity contribution in [3.63, 3.8) is 0 Å². The third-order valence-electron chi connectivity index (χ3n) is 1.89. The van der Waals surface area contributed by atoms with Gasteiger partial charge in [-0.15, -0.1) is 0 Å². The first kappa shape index (κ1) is 9.70. The van der Waals surface area contributed by atoms with Gasteiger partial charge in [0.2, 0.25) is 5.69 Å². The van der Waals surface area contributed by atoms with Gasteiger partial charge >= 0.3 is 0 Å². The molecule has 0 radical (unpaired) electrons. The number of quaternary nitrogens is 1. The maximum absolute atomic E-state index is 11.1. The summed E-state index contributed by atoms with van der Waals surface area (Å²) < 4.78 is 0.492. The van der Waals surface area contributed by atoms with E-state index in [0.717, 1.165) is 5.56 Å². The second-order valence-corrected chi connectivity index (χ2v) is 2.93. The average molecular weight is 180 g/mol. The fraction of sp³-hybridized carbons (Fsp3) is 0.222. The molecule has 1 aromatic rings. The predicted octanol–water partition coefficient (Wildman–Crippen LogP) is 0.481. The summed E-state index contributed by atoms with van der Waals surface area (Å²) in [5, 5.41) is 21.9. The molecule has 0 bridgehead atoms. The molecule has 0 aliphatic rings. The van der Waals surface area contributed by atoms with Crippen molar-refractivity contribution < 1.29 is 9.80 Å². The van der Waals surface area contributed by atoms with Crippen LogP contribution in [0.5, 0.6) is 0 Å². The van der Waals surface area contributed by atoms with Crippen molar-refractivity contribution in [2.24, 2.45) is 0 Å². The van der Waals surface area contributed by atoms with Gasteiger partial charge in [0.25, 0.3) is 0 Å². The van der Waals surface area contributed by atoms with Crippen molar-refractivity contribution in [1.82, 2.24) is 0 Å². The summed E-state index contributed by atoms with van der Waals surface area (Å²) in [6, 6.07) is 4.93. The Bertz CT molecular complexity index is 334. The molecule has 70 valence electrons. The largest absolute Gasteiger partial charge is 0.629 e. The van der Waals surface area contributed by atoms with Gasteiger partial charge in [0.1, 0.15) is 12.4 Å². The number of nitrogens with one attached hydrogen (secondary N) is 1. The summed E-state index contributed by atoms with van der Waals surface area (Å²) in [7, 11) is 1.48. The standard InChI is InChI=1S/C9H12N2O2/c1-7-4-5-8(10(2)12)6-9(7)11(3)13/h4-6,11H,2H2,1,3H3. The van der Waals surface area contributed by atoms with E-state index >= 15 is 0 Å². The zero-order valence-electron chi connectivity index (χ0n) is 7.70. The molecular weight excluding hydrogens is 168 g/mol. The van der Waals surface area contributed by atoms with Crippen molar-refractivity contribution >= 4 is 18.1 Å². The van der Waals surface area contributed by atoms with Crippen molar-refractivity contribution in [1.29, 1.82) is 0 Å². The molecule has 0 aliphatic carbocycles. The van der Waals surface area contributed by atoms with Crippen LogP contribution in [-0.2, 0) is 0 Å². The summed E-state index contributed by atoms with van der Waals surface area (Å²) in [6.45, 7) is 5.04. The predicted molar refractivity (Wildman–Crippen MR) is 51.5 cm³/mol. The molecule has 13 heavy (non-hydrogen) atoms. The highest BCUT2D eigenvalue weighted by Crippen LogP contribution is 2.17. The van der Waals surface area contributed by atoms with Crippen molar-refractivity contribution in [3.05, 3.63) is 34.2 Å². The van der Waals surface area contributed by atoms with Crippen molar-refractivity contribution in [2.45, 2.75) is 6.92 Å². The third-order valence-corrected chi connectivity index (χ3v) is 1.89. The molecule has 1 N–H and O–H groups in total. The molecule has 0 spiro atoms. The lowest BCUT2D eigenvalue weighted by Gasteiger charge is -2.17. The first-order valence-corrected chi connectivity index (χ1v) is 3.91. The molecule has 1 atom stereocenters. The lowest BCUT2D eigenvalue weighted by molar-refractivity contribution is -0.751. The van der Waals surface area contributed by atoms with Gasteiger partial charge in [-0.05, 0) is 13.0 Å². The zero-order valence-corrected chi connectivity index (χ0v) is 7.70. The summed E-state index contributed by atoms with van der Waals surface area (Å²) in [5.41, 5.74) is 1.84. The number of aryl methyl sites for hydroxylation is 1. The van der Waals surface area contributed by atoms with E-state index in [4.69, 9.17) is 0 Å². The highest BCUT2D eigenvalue weighted by Gasteiger charge is 2.07. The van der Waals surface area contributed by atoms with Gasteiger partial charge in [0, 0.05) is 11.6 Å². The molecule has 0 aliphatic heterocycles. The first-order chi connectivity index (χ1) is 6.02. The molecule has 0 heterocycles. The lowest BCUT2D eigenvalue weighted by atomic mass is 10.2. The quantitative estimate of drug-likeness (QED) is 0.311. The number of rotatable bonds is 2. The van der Waals surface area contributed by atoms with Crippen molar-refractivity contribution in [2.75, 3.05) is 7.05 Å². The molecule has 4 heteroatoms. The Hall–Kier alpha value is -1.39. The molecule has 0 saturated heterocycles. The zero-order chi connectivity index (χ0) is 10.0. The number of nitrogens with zero attached hydrogens (tertiary/aromatic N) is 1. The highest BCUT2D eigenvalue weighted by atomic mass is 16.5. The molecule has 0 saturated carbocycles. The van der Waals surface area contributed by atoms with Gasteiger partial charge in [0.05, 0.1) is 13.1 Å². The van der Waals surface area contributed by atoms with Gasteiger partial charge < -0.3 is 15.5 Å². The third kappa shape index (κ3) is 2.05. The van der Waals surface area contributed by atoms with Crippen LogP contribution < -0.4 is 5.06 Å². The Balaban J connectivity index is 3.19. The number of hydrogen-bond donors (Lipinski definition) is 1. The van der Waals surface area contributed by atoms with Crippen LogP contribution in [0.3, 0.4) is 0 Å². The summed E-state index contributed by atoms with van der Waals surface area (Å²) >= 11 is 0. The highest BCUT2D eigenvalue weighted by molar-refractivity contribution is 5.49. The van der Waals surface area contributed by atoms with E-state index in [-0.39, 0.29) is 5.06 Å². The monoisotopic (exact) mass is 180 g/mol.